The van der Waals surface area contributed by atoms with E-state index in [2.05, 4.69) is 78.8 Å². The molecule has 74 heavy (non-hydrogen) atoms. The summed E-state index contributed by atoms with van der Waals surface area (Å²) < 4.78 is 14.4. The van der Waals surface area contributed by atoms with Crippen molar-refractivity contribution < 1.29 is 33.4 Å². The van der Waals surface area contributed by atoms with Crippen LogP contribution in [0.5, 0.6) is 0 Å². The largest absolute Gasteiger partial charge is 0.465 e. The molecule has 6 bridgehead atoms. The summed E-state index contributed by atoms with van der Waals surface area (Å²) >= 11 is 1.40. The van der Waals surface area contributed by atoms with Crippen LogP contribution in [0.2, 0.25) is 0 Å². The SMILES string of the molecule is C=CC1NN2CCC[C@H]1C(=O)OCC(C)(C)Cc1c(-c3cccnc3[C@H](C)OC)n(CC)c3ccc(cc13)-c1csc(n1)C[C@H](NC(=O)[C@H](C(C)C)N(C)C(=O)N1CCCN(C(=O)C#CC(C)(C)N(C)C)C1)C2=O. The second-order valence-electron chi connectivity index (χ2n) is 21.7. The van der Waals surface area contributed by atoms with Gasteiger partial charge in [-0.3, -0.25) is 34.1 Å². The summed E-state index contributed by atoms with van der Waals surface area (Å²) in [7, 11) is 7.05. The lowest BCUT2D eigenvalue weighted by Crippen LogP contribution is -2.61. The van der Waals surface area contributed by atoms with Crippen molar-refractivity contribution in [1.82, 2.24) is 49.9 Å². The molecule has 0 saturated carbocycles. The van der Waals surface area contributed by atoms with Crippen molar-refractivity contribution in [2.45, 2.75) is 124 Å². The number of fused-ring (bicyclic) bond motifs is 7. The van der Waals surface area contributed by atoms with Crippen LogP contribution in [0.4, 0.5) is 4.79 Å². The highest BCUT2D eigenvalue weighted by Crippen LogP contribution is 2.42. The number of hydrogen-bond donors (Lipinski definition) is 2. The van der Waals surface area contributed by atoms with E-state index < -0.39 is 52.8 Å². The number of esters is 1. The zero-order chi connectivity index (χ0) is 53.8. The Morgan fingerprint density at radius 1 is 1.09 bits per heavy atom. The molecule has 4 aromatic rings. The molecule has 0 radical (unpaired) electrons. The van der Waals surface area contributed by atoms with Gasteiger partial charge in [0, 0.05) is 85.8 Å². The zero-order valence-electron chi connectivity index (χ0n) is 45.4. The Bertz CT molecular complexity index is 2810. The molecule has 7 rings (SSSR count). The van der Waals surface area contributed by atoms with Crippen LogP contribution in [0.25, 0.3) is 33.4 Å². The van der Waals surface area contributed by atoms with Crippen molar-refractivity contribution in [1.29, 1.82) is 0 Å². The molecule has 0 aliphatic carbocycles. The van der Waals surface area contributed by atoms with Gasteiger partial charge in [-0.05, 0) is 109 Å². The maximum atomic E-state index is 15.0. The van der Waals surface area contributed by atoms with Crippen LogP contribution in [-0.4, -0.2) is 154 Å². The van der Waals surface area contributed by atoms with Crippen LogP contribution < -0.4 is 10.7 Å². The molecular weight excluding hydrogens is 957 g/mol. The number of cyclic esters (lactones) is 1. The first-order chi connectivity index (χ1) is 35.1. The lowest BCUT2D eigenvalue weighted by atomic mass is 9.84. The molecule has 6 heterocycles. The van der Waals surface area contributed by atoms with Crippen molar-refractivity contribution >= 4 is 52.0 Å². The van der Waals surface area contributed by atoms with Gasteiger partial charge in [-0.15, -0.1) is 17.9 Å². The third-order valence-electron chi connectivity index (χ3n) is 14.8. The minimum absolute atomic E-state index is 0.0232. The maximum Gasteiger partial charge on any atom is 0.321 e. The number of amides is 5. The predicted molar refractivity (Wildman–Crippen MR) is 288 cm³/mol. The van der Waals surface area contributed by atoms with Crippen LogP contribution in [0.1, 0.15) is 97.0 Å². The van der Waals surface area contributed by atoms with Crippen LogP contribution in [0.3, 0.4) is 0 Å². The van der Waals surface area contributed by atoms with Crippen molar-refractivity contribution in [3.63, 3.8) is 0 Å². The Labute approximate surface area is 441 Å². The minimum atomic E-state index is -1.12. The third kappa shape index (κ3) is 12.0. The summed E-state index contributed by atoms with van der Waals surface area (Å²) in [6.45, 7) is 21.9. The van der Waals surface area contributed by atoms with Crippen LogP contribution in [0, 0.1) is 29.1 Å². The van der Waals surface area contributed by atoms with Crippen molar-refractivity contribution in [2.75, 3.05) is 61.2 Å². The van der Waals surface area contributed by atoms with Gasteiger partial charge in [-0.2, -0.15) is 0 Å². The van der Waals surface area contributed by atoms with Crippen molar-refractivity contribution in [2.24, 2.45) is 17.3 Å². The summed E-state index contributed by atoms with van der Waals surface area (Å²) in [5.74, 6) is 3.09. The molecule has 3 aliphatic rings. The number of rotatable bonds is 10. The molecule has 1 aromatic carbocycles. The quantitative estimate of drug-likeness (QED) is 0.0960. The number of carbonyl (C=O) groups excluding carboxylic acids is 5. The molecule has 2 fully saturated rings. The molecule has 5 amide bonds. The number of thiazole rings is 1. The fraction of sp³-hybridized carbons (Fsp3) is 0.554. The van der Waals surface area contributed by atoms with E-state index in [-0.39, 0.29) is 50.1 Å². The van der Waals surface area contributed by atoms with Gasteiger partial charge in [0.15, 0.2) is 0 Å². The van der Waals surface area contributed by atoms with Gasteiger partial charge < -0.3 is 34.1 Å². The molecule has 18 heteroatoms. The number of urea groups is 1. The highest BCUT2D eigenvalue weighted by molar-refractivity contribution is 7.10. The van der Waals surface area contributed by atoms with E-state index in [1.54, 1.807) is 36.2 Å². The van der Waals surface area contributed by atoms with E-state index in [1.165, 1.54) is 21.2 Å². The Kier molecular flexibility index (Phi) is 17.4. The summed E-state index contributed by atoms with van der Waals surface area (Å²) in [6, 6.07) is 7.19. The number of nitrogens with one attached hydrogen (secondary N) is 2. The van der Waals surface area contributed by atoms with E-state index in [0.717, 1.165) is 44.7 Å². The Balaban J connectivity index is 1.25. The van der Waals surface area contributed by atoms with E-state index in [1.807, 2.05) is 65.1 Å². The van der Waals surface area contributed by atoms with E-state index in [0.29, 0.717) is 50.3 Å². The molecule has 3 aliphatic heterocycles. The number of carbonyl (C=O) groups is 5. The summed E-state index contributed by atoms with van der Waals surface area (Å²) in [4.78, 5) is 88.0. The van der Waals surface area contributed by atoms with E-state index >= 15 is 0 Å². The van der Waals surface area contributed by atoms with Gasteiger partial charge in [-0.1, -0.05) is 45.8 Å². The highest BCUT2D eigenvalue weighted by Gasteiger charge is 2.40. The number of hydrogen-bond acceptors (Lipinski definition) is 12. The maximum absolute atomic E-state index is 15.0. The number of aryl methyl sites for hydroxylation is 1. The summed E-state index contributed by atoms with van der Waals surface area (Å²) in [5.41, 5.74) is 8.77. The lowest BCUT2D eigenvalue weighted by Gasteiger charge is -2.39. The molecular formula is C56H76N10O7S. The molecule has 0 spiro atoms. The first kappa shape index (κ1) is 55.6. The number of hydrazine groups is 1. The second kappa shape index (κ2) is 23.2. The second-order valence-corrected chi connectivity index (χ2v) is 22.6. The smallest absolute Gasteiger partial charge is 0.321 e. The molecule has 5 atom stereocenters. The topological polar surface area (TPSA) is 175 Å². The highest BCUT2D eigenvalue weighted by atomic mass is 32.1. The molecule has 2 saturated heterocycles. The number of ether oxygens (including phenoxy) is 2. The first-order valence-electron chi connectivity index (χ1n) is 25.9. The van der Waals surface area contributed by atoms with Gasteiger partial charge in [0.05, 0.1) is 59.0 Å². The molecule has 3 aromatic heterocycles. The monoisotopic (exact) mass is 1030 g/mol. The van der Waals surface area contributed by atoms with Crippen molar-refractivity contribution in [3.8, 4) is 34.4 Å². The average molecular weight is 1030 g/mol. The van der Waals surface area contributed by atoms with Crippen LogP contribution in [0.15, 0.2) is 54.6 Å². The van der Waals surface area contributed by atoms with E-state index in [9.17, 15) is 24.0 Å². The summed E-state index contributed by atoms with van der Waals surface area (Å²) in [6.07, 6.45) is 5.21. The molecule has 398 valence electrons. The van der Waals surface area contributed by atoms with Gasteiger partial charge in [0.2, 0.25) is 5.91 Å². The first-order valence-corrected chi connectivity index (χ1v) is 26.7. The van der Waals surface area contributed by atoms with Gasteiger partial charge in [0.1, 0.15) is 12.1 Å². The normalized spacial score (nSPS) is 20.5. The minimum Gasteiger partial charge on any atom is -0.465 e. The number of benzene rings is 1. The average Bonchev–Trinajstić information content (AvgIpc) is 3.89. The fourth-order valence-corrected chi connectivity index (χ4v) is 11.0. The standard InChI is InChI=1S/C56H76N10O7S/c1-14-42-38-20-17-28-66(60-42)52(69)43(59-51(68)49(35(3)4)62(12)54(71)64-27-18-26-63(34-64)47(67)23-24-56(8,9)61(10)11)30-46-58-44(32-74-46)37-21-22-45-40(29-37)41(31-55(6,7)33-73-53(38)70)50(65(45)15-2)39-19-16-25-57-48(39)36(5)72-13/h14,16,19,21-22,25,29,32,35-36,38,42-43,49,60H,1,15,17-18,20,26-28,30-31,33-34H2,2-13H3,(H,59,68)/t36-,38+,42?,43-,49-/m0/s1. The predicted octanol–water partition coefficient (Wildman–Crippen LogP) is 6.92. The molecule has 1 unspecified atom stereocenters. The van der Waals surface area contributed by atoms with Gasteiger partial charge in [0.25, 0.3) is 11.8 Å². The van der Waals surface area contributed by atoms with E-state index in [4.69, 9.17) is 19.4 Å². The number of aromatic nitrogens is 3. The molecule has 2 N–H and O–H groups in total. The van der Waals surface area contributed by atoms with Crippen LogP contribution in [-0.2, 0) is 48.0 Å². The van der Waals surface area contributed by atoms with Crippen molar-refractivity contribution in [3.05, 3.63) is 70.8 Å². The number of nitrogens with zero attached hydrogens (tertiary/aromatic N) is 8. The number of methoxy groups -OCH3 is 1. The van der Waals surface area contributed by atoms with Gasteiger partial charge in [-0.25, -0.2) is 15.2 Å². The Morgan fingerprint density at radius 2 is 1.84 bits per heavy atom. The van der Waals surface area contributed by atoms with Crippen LogP contribution >= 0.6 is 11.3 Å². The Hall–Kier alpha value is -6.13. The number of pyridine rings is 1. The Morgan fingerprint density at radius 3 is 2.53 bits per heavy atom. The zero-order valence-corrected chi connectivity index (χ0v) is 46.2. The summed E-state index contributed by atoms with van der Waals surface area (Å²) in [5, 5.41) is 8.17. The molecule has 17 nitrogen and oxygen atoms in total. The van der Waals surface area contributed by atoms with Gasteiger partial charge >= 0.3 is 12.0 Å². The lowest BCUT2D eigenvalue weighted by molar-refractivity contribution is -0.153. The number of likely N-dealkylation sites (N-methyl/N-ethyl adjacent to an activating group) is 1. The fourth-order valence-electron chi connectivity index (χ4n) is 10.1. The third-order valence-corrected chi connectivity index (χ3v) is 15.7.